The molecular formula is C24H24FN5OS. The Morgan fingerprint density at radius 1 is 1.12 bits per heavy atom. The van der Waals surface area contributed by atoms with Gasteiger partial charge in [0.15, 0.2) is 10.8 Å². The van der Waals surface area contributed by atoms with E-state index in [1.165, 1.54) is 12.1 Å². The number of rotatable bonds is 4. The third kappa shape index (κ3) is 3.98. The van der Waals surface area contributed by atoms with Crippen LogP contribution in [0.15, 0.2) is 48.5 Å². The lowest BCUT2D eigenvalue weighted by molar-refractivity contribution is 0.0931. The van der Waals surface area contributed by atoms with Gasteiger partial charge in [0.1, 0.15) is 5.82 Å². The van der Waals surface area contributed by atoms with E-state index in [1.54, 1.807) is 28.2 Å². The number of hydrogen-bond acceptors (Lipinski definition) is 5. The molecule has 8 heteroatoms. The molecule has 0 spiro atoms. The van der Waals surface area contributed by atoms with E-state index >= 15 is 0 Å². The van der Waals surface area contributed by atoms with Gasteiger partial charge in [-0.05, 0) is 63.1 Å². The third-order valence-corrected chi connectivity index (χ3v) is 7.04. The maximum atomic E-state index is 13.3. The highest BCUT2D eigenvalue weighted by Gasteiger charge is 2.25. The van der Waals surface area contributed by atoms with Gasteiger partial charge >= 0.3 is 0 Å². The van der Waals surface area contributed by atoms with Crippen LogP contribution in [-0.4, -0.2) is 39.8 Å². The van der Waals surface area contributed by atoms with Crippen LogP contribution in [0.3, 0.4) is 0 Å². The van der Waals surface area contributed by atoms with Crippen molar-refractivity contribution in [1.82, 2.24) is 20.1 Å². The van der Waals surface area contributed by atoms with Crippen molar-refractivity contribution in [1.29, 1.82) is 0 Å². The molecule has 1 N–H and O–H groups in total. The Labute approximate surface area is 189 Å². The Balaban J connectivity index is 1.28. The monoisotopic (exact) mass is 449 g/mol. The van der Waals surface area contributed by atoms with Crippen molar-refractivity contribution in [2.24, 2.45) is 0 Å². The van der Waals surface area contributed by atoms with Gasteiger partial charge in [-0.15, -0.1) is 0 Å². The second-order valence-electron chi connectivity index (χ2n) is 8.23. The summed E-state index contributed by atoms with van der Waals surface area (Å²) in [5.41, 5.74) is 4.29. The van der Waals surface area contributed by atoms with Gasteiger partial charge < -0.3 is 10.2 Å². The van der Waals surface area contributed by atoms with Gasteiger partial charge in [0, 0.05) is 24.7 Å². The highest BCUT2D eigenvalue weighted by Crippen LogP contribution is 2.33. The van der Waals surface area contributed by atoms with Crippen LogP contribution in [0.1, 0.15) is 34.5 Å². The van der Waals surface area contributed by atoms with Crippen LogP contribution >= 0.6 is 11.3 Å². The zero-order chi connectivity index (χ0) is 22.2. The molecule has 0 saturated carbocycles. The van der Waals surface area contributed by atoms with Crippen LogP contribution in [-0.2, 0) is 0 Å². The topological polar surface area (TPSA) is 63.1 Å². The number of halogens is 1. The first kappa shape index (κ1) is 20.6. The fourth-order valence-corrected chi connectivity index (χ4v) is 5.13. The number of nitrogens with one attached hydrogen (secondary N) is 1. The van der Waals surface area contributed by atoms with Crippen molar-refractivity contribution < 1.29 is 9.18 Å². The second-order valence-corrected chi connectivity index (χ2v) is 9.20. The summed E-state index contributed by atoms with van der Waals surface area (Å²) >= 11 is 1.63. The molecule has 3 heterocycles. The van der Waals surface area contributed by atoms with Gasteiger partial charge in [0.2, 0.25) is 0 Å². The van der Waals surface area contributed by atoms with Gasteiger partial charge in [0.05, 0.1) is 16.1 Å². The Morgan fingerprint density at radius 3 is 2.59 bits per heavy atom. The van der Waals surface area contributed by atoms with Crippen LogP contribution in [0.2, 0.25) is 0 Å². The van der Waals surface area contributed by atoms with E-state index in [2.05, 4.69) is 15.3 Å². The maximum absolute atomic E-state index is 13.3. The highest BCUT2D eigenvalue weighted by molar-refractivity contribution is 7.22. The number of fused-ring (bicyclic) bond motifs is 1. The fourth-order valence-electron chi connectivity index (χ4n) is 4.09. The molecule has 0 atom stereocenters. The third-order valence-electron chi connectivity index (χ3n) is 5.83. The lowest BCUT2D eigenvalue weighted by Crippen LogP contribution is -2.44. The first-order chi connectivity index (χ1) is 15.5. The molecule has 1 amide bonds. The zero-order valence-electron chi connectivity index (χ0n) is 18.0. The van der Waals surface area contributed by atoms with Gasteiger partial charge in [0.25, 0.3) is 5.91 Å². The summed E-state index contributed by atoms with van der Waals surface area (Å²) < 4.78 is 16.1. The first-order valence-corrected chi connectivity index (χ1v) is 11.5. The summed E-state index contributed by atoms with van der Waals surface area (Å²) in [4.78, 5) is 19.7. The van der Waals surface area contributed by atoms with Gasteiger partial charge in [-0.1, -0.05) is 29.0 Å². The first-order valence-electron chi connectivity index (χ1n) is 10.7. The Kier molecular flexibility index (Phi) is 5.38. The van der Waals surface area contributed by atoms with Crippen LogP contribution in [0.5, 0.6) is 0 Å². The molecule has 0 unspecified atom stereocenters. The molecule has 32 heavy (non-hydrogen) atoms. The maximum Gasteiger partial charge on any atom is 0.251 e. The number of amides is 1. The Hall–Kier alpha value is -3.26. The molecule has 2 aromatic heterocycles. The summed E-state index contributed by atoms with van der Waals surface area (Å²) in [5.74, 6) is -0.285. The van der Waals surface area contributed by atoms with E-state index in [1.807, 2.05) is 38.1 Å². The Morgan fingerprint density at radius 2 is 1.88 bits per heavy atom. The number of piperidine rings is 1. The molecular weight excluding hydrogens is 425 g/mol. The normalized spacial score (nSPS) is 14.8. The van der Waals surface area contributed by atoms with Crippen molar-refractivity contribution in [3.63, 3.8) is 0 Å². The van der Waals surface area contributed by atoms with E-state index in [0.29, 0.717) is 5.56 Å². The van der Waals surface area contributed by atoms with Crippen molar-refractivity contribution in [2.75, 3.05) is 18.0 Å². The lowest BCUT2D eigenvalue weighted by Gasteiger charge is -2.32. The summed E-state index contributed by atoms with van der Waals surface area (Å²) in [6.07, 6.45) is 1.74. The molecule has 1 aliphatic rings. The second kappa shape index (κ2) is 8.35. The number of benzene rings is 2. The van der Waals surface area contributed by atoms with Crippen molar-refractivity contribution in [3.05, 3.63) is 71.2 Å². The molecule has 5 rings (SSSR count). The van der Waals surface area contributed by atoms with E-state index in [-0.39, 0.29) is 17.8 Å². The molecule has 4 aromatic rings. The smallest absolute Gasteiger partial charge is 0.251 e. The number of thiazole rings is 1. The number of anilines is 1. The molecule has 164 valence electrons. The number of aromatic nitrogens is 3. The standard InChI is InChI=1S/C24H24FN5OS/c1-15-4-3-5-17(14-15)23(31)26-19-10-12-29(13-11-19)24-27-22-21(32-24)16(2)28-30(22)20-8-6-18(25)7-9-20/h3-9,14,19H,10-13H2,1-2H3,(H,26,31). The van der Waals surface area contributed by atoms with Crippen LogP contribution < -0.4 is 10.2 Å². The lowest BCUT2D eigenvalue weighted by atomic mass is 10.0. The average Bonchev–Trinajstić information content (AvgIpc) is 3.36. The minimum atomic E-state index is -0.273. The number of aryl methyl sites for hydroxylation is 2. The van der Waals surface area contributed by atoms with Crippen molar-refractivity contribution in [3.8, 4) is 5.69 Å². The minimum Gasteiger partial charge on any atom is -0.349 e. The van der Waals surface area contributed by atoms with Gasteiger partial charge in [-0.2, -0.15) is 10.1 Å². The fraction of sp³-hybridized carbons (Fsp3) is 0.292. The van der Waals surface area contributed by atoms with Gasteiger partial charge in [-0.25, -0.2) is 9.07 Å². The van der Waals surface area contributed by atoms with Crippen LogP contribution in [0, 0.1) is 19.7 Å². The average molecular weight is 450 g/mol. The summed E-state index contributed by atoms with van der Waals surface area (Å²) in [6.45, 7) is 5.62. The summed E-state index contributed by atoms with van der Waals surface area (Å²) in [5, 5.41) is 8.72. The quantitative estimate of drug-likeness (QED) is 0.493. The Bertz CT molecular complexity index is 1270. The summed E-state index contributed by atoms with van der Waals surface area (Å²) in [7, 11) is 0. The molecule has 0 bridgehead atoms. The van der Waals surface area contributed by atoms with Crippen molar-refractivity contribution in [2.45, 2.75) is 32.7 Å². The molecule has 6 nitrogen and oxygen atoms in total. The number of carbonyl (C=O) groups excluding carboxylic acids is 1. The highest BCUT2D eigenvalue weighted by atomic mass is 32.1. The minimum absolute atomic E-state index is 0.0119. The molecule has 0 radical (unpaired) electrons. The zero-order valence-corrected chi connectivity index (χ0v) is 18.8. The number of carbonyl (C=O) groups is 1. The van der Waals surface area contributed by atoms with Gasteiger partial charge in [-0.3, -0.25) is 4.79 Å². The van der Waals surface area contributed by atoms with E-state index < -0.39 is 0 Å². The van der Waals surface area contributed by atoms with Crippen molar-refractivity contribution >= 4 is 32.7 Å². The van der Waals surface area contributed by atoms with Crippen LogP contribution in [0.25, 0.3) is 16.0 Å². The van der Waals surface area contributed by atoms with E-state index in [0.717, 1.165) is 58.4 Å². The number of hydrogen-bond donors (Lipinski definition) is 1. The molecule has 1 fully saturated rings. The SMILES string of the molecule is Cc1cccc(C(=O)NC2CCN(c3nc4c(s3)c(C)nn4-c3ccc(F)cc3)CC2)c1. The number of nitrogens with zero attached hydrogens (tertiary/aromatic N) is 4. The largest absolute Gasteiger partial charge is 0.349 e. The molecule has 1 saturated heterocycles. The predicted octanol–water partition coefficient (Wildman–Crippen LogP) is 4.64. The van der Waals surface area contributed by atoms with Crippen LogP contribution in [0.4, 0.5) is 9.52 Å². The predicted molar refractivity (Wildman–Crippen MR) is 125 cm³/mol. The molecule has 2 aromatic carbocycles. The molecule has 0 aliphatic carbocycles. The summed E-state index contributed by atoms with van der Waals surface area (Å²) in [6, 6.07) is 14.1. The van der Waals surface area contributed by atoms with E-state index in [9.17, 15) is 9.18 Å². The molecule has 1 aliphatic heterocycles. The van der Waals surface area contributed by atoms with E-state index in [4.69, 9.17) is 4.98 Å².